The molecule has 6 nitrogen and oxygen atoms in total. The number of nitrogens with one attached hydrogen (secondary N) is 1. The Kier molecular flexibility index (Phi) is 5.08. The number of carbonyl (C=O) groups excluding carboxylic acids is 1. The lowest BCUT2D eigenvalue weighted by molar-refractivity contribution is 0.0238. The summed E-state index contributed by atoms with van der Waals surface area (Å²) in [7, 11) is 1.77. The monoisotopic (exact) mass is 306 g/mol. The number of amides is 1. The van der Waals surface area contributed by atoms with Crippen molar-refractivity contribution in [3.8, 4) is 0 Å². The Hall–Kier alpha value is -1.43. The quantitative estimate of drug-likeness (QED) is 0.923. The topological polar surface area (TPSA) is 69.0 Å². The zero-order valence-electron chi connectivity index (χ0n) is 13.4. The minimum atomic E-state index is -0.0962. The van der Waals surface area contributed by atoms with Crippen LogP contribution in [0.3, 0.4) is 0 Å². The number of aromatic nitrogens is 3. The van der Waals surface area contributed by atoms with Crippen LogP contribution in [0.4, 0.5) is 0 Å². The first-order chi connectivity index (χ1) is 10.8. The normalized spacial score (nSPS) is 25.3. The molecular formula is C16H26N4O2. The molecule has 6 heteroatoms. The molecule has 3 rings (SSSR count). The SMILES string of the molecule is CO[C@@H]1CCCC[C@H]1CNC(=O)c1nnc2n1CCCCC2. The van der Waals surface area contributed by atoms with Gasteiger partial charge in [-0.2, -0.15) is 0 Å². The van der Waals surface area contributed by atoms with E-state index < -0.39 is 0 Å². The number of methoxy groups -OCH3 is 1. The molecule has 1 fully saturated rings. The minimum absolute atomic E-state index is 0.0962. The van der Waals surface area contributed by atoms with Crippen LogP contribution in [0, 0.1) is 5.92 Å². The lowest BCUT2D eigenvalue weighted by atomic mass is 9.86. The van der Waals surface area contributed by atoms with Gasteiger partial charge in [0.25, 0.3) is 5.91 Å². The fourth-order valence-electron chi connectivity index (χ4n) is 3.67. The summed E-state index contributed by atoms with van der Waals surface area (Å²) in [6, 6.07) is 0. The van der Waals surface area contributed by atoms with E-state index in [0.717, 1.165) is 44.5 Å². The van der Waals surface area contributed by atoms with Crippen molar-refractivity contribution in [3.63, 3.8) is 0 Å². The molecule has 2 atom stereocenters. The van der Waals surface area contributed by atoms with Gasteiger partial charge in [-0.25, -0.2) is 0 Å². The number of fused-ring (bicyclic) bond motifs is 1. The van der Waals surface area contributed by atoms with Crippen molar-refractivity contribution >= 4 is 5.91 Å². The maximum Gasteiger partial charge on any atom is 0.289 e. The van der Waals surface area contributed by atoms with E-state index >= 15 is 0 Å². The number of nitrogens with zero attached hydrogens (tertiary/aromatic N) is 3. The highest BCUT2D eigenvalue weighted by Crippen LogP contribution is 2.26. The smallest absolute Gasteiger partial charge is 0.289 e. The Morgan fingerprint density at radius 2 is 2.09 bits per heavy atom. The molecule has 2 aliphatic rings. The molecule has 2 heterocycles. The van der Waals surface area contributed by atoms with Gasteiger partial charge in [0.15, 0.2) is 0 Å². The van der Waals surface area contributed by atoms with Crippen LogP contribution in [0.1, 0.15) is 61.4 Å². The Bertz CT molecular complexity index is 514. The highest BCUT2D eigenvalue weighted by atomic mass is 16.5. The summed E-state index contributed by atoms with van der Waals surface area (Å²) in [5.74, 6) is 1.74. The summed E-state index contributed by atoms with van der Waals surface area (Å²) in [6.07, 6.45) is 9.29. The van der Waals surface area contributed by atoms with Crippen molar-refractivity contribution in [3.05, 3.63) is 11.6 Å². The molecule has 1 N–H and O–H groups in total. The molecule has 1 aliphatic carbocycles. The molecule has 0 bridgehead atoms. The van der Waals surface area contributed by atoms with Crippen LogP contribution in [0.25, 0.3) is 0 Å². The van der Waals surface area contributed by atoms with Crippen molar-refractivity contribution in [2.24, 2.45) is 5.92 Å². The second-order valence-corrected chi connectivity index (χ2v) is 6.43. The van der Waals surface area contributed by atoms with Gasteiger partial charge < -0.3 is 14.6 Å². The molecule has 1 aliphatic heterocycles. The van der Waals surface area contributed by atoms with E-state index in [1.165, 1.54) is 19.3 Å². The van der Waals surface area contributed by atoms with E-state index in [9.17, 15) is 4.79 Å². The molecular weight excluding hydrogens is 280 g/mol. The first kappa shape index (κ1) is 15.5. The zero-order valence-corrected chi connectivity index (χ0v) is 13.4. The van der Waals surface area contributed by atoms with Gasteiger partial charge >= 0.3 is 0 Å². The fraction of sp³-hybridized carbons (Fsp3) is 0.812. The molecule has 0 saturated heterocycles. The van der Waals surface area contributed by atoms with Gasteiger partial charge in [0.05, 0.1) is 6.10 Å². The highest BCUT2D eigenvalue weighted by molar-refractivity contribution is 5.90. The van der Waals surface area contributed by atoms with Gasteiger partial charge in [-0.15, -0.1) is 10.2 Å². The van der Waals surface area contributed by atoms with Gasteiger partial charge in [0.2, 0.25) is 5.82 Å². The van der Waals surface area contributed by atoms with Gasteiger partial charge in [0, 0.05) is 32.5 Å². The molecule has 1 aromatic rings. The number of hydrogen-bond acceptors (Lipinski definition) is 4. The molecule has 22 heavy (non-hydrogen) atoms. The van der Waals surface area contributed by atoms with Crippen LogP contribution in [-0.2, 0) is 17.7 Å². The minimum Gasteiger partial charge on any atom is -0.381 e. The van der Waals surface area contributed by atoms with Crippen LogP contribution in [-0.4, -0.2) is 40.4 Å². The maximum atomic E-state index is 12.5. The summed E-state index contributed by atoms with van der Waals surface area (Å²) in [5, 5.41) is 11.4. The van der Waals surface area contributed by atoms with Crippen molar-refractivity contribution in [2.45, 2.75) is 64.0 Å². The first-order valence-corrected chi connectivity index (χ1v) is 8.52. The Labute approximate surface area is 131 Å². The van der Waals surface area contributed by atoms with Crippen LogP contribution >= 0.6 is 0 Å². The lowest BCUT2D eigenvalue weighted by Crippen LogP contribution is -2.38. The third-order valence-corrected chi connectivity index (χ3v) is 4.98. The number of rotatable bonds is 4. The number of aryl methyl sites for hydroxylation is 1. The third kappa shape index (κ3) is 3.32. The third-order valence-electron chi connectivity index (χ3n) is 4.98. The molecule has 0 spiro atoms. The first-order valence-electron chi connectivity index (χ1n) is 8.52. The van der Waals surface area contributed by atoms with E-state index in [0.29, 0.717) is 18.3 Å². The Morgan fingerprint density at radius 1 is 1.23 bits per heavy atom. The predicted octanol–water partition coefficient (Wildman–Crippen LogP) is 1.94. The van der Waals surface area contributed by atoms with Crippen LogP contribution < -0.4 is 5.32 Å². The number of ether oxygens (including phenoxy) is 1. The molecule has 1 saturated carbocycles. The molecule has 0 aromatic carbocycles. The van der Waals surface area contributed by atoms with Gasteiger partial charge in [-0.3, -0.25) is 4.79 Å². The van der Waals surface area contributed by atoms with Crippen molar-refractivity contribution in [1.82, 2.24) is 20.1 Å². The molecule has 1 amide bonds. The van der Waals surface area contributed by atoms with Crippen molar-refractivity contribution < 1.29 is 9.53 Å². The Morgan fingerprint density at radius 3 is 2.95 bits per heavy atom. The summed E-state index contributed by atoms with van der Waals surface area (Å²) >= 11 is 0. The standard InChI is InChI=1S/C16H26N4O2/c1-22-13-8-5-4-7-12(13)11-17-16(21)15-19-18-14-9-3-2-6-10-20(14)15/h12-13H,2-11H2,1H3,(H,17,21)/t12-,13+/m0/s1. The summed E-state index contributed by atoms with van der Waals surface area (Å²) in [5.41, 5.74) is 0. The second kappa shape index (κ2) is 7.22. The maximum absolute atomic E-state index is 12.5. The van der Waals surface area contributed by atoms with Crippen LogP contribution in [0.2, 0.25) is 0 Å². The van der Waals surface area contributed by atoms with E-state index in [2.05, 4.69) is 15.5 Å². The van der Waals surface area contributed by atoms with Gasteiger partial charge in [-0.05, 0) is 25.7 Å². The molecule has 0 unspecified atom stereocenters. The van der Waals surface area contributed by atoms with Crippen LogP contribution in [0.5, 0.6) is 0 Å². The molecule has 1 aromatic heterocycles. The van der Waals surface area contributed by atoms with Gasteiger partial charge in [-0.1, -0.05) is 19.3 Å². The number of hydrogen-bond donors (Lipinski definition) is 1. The highest BCUT2D eigenvalue weighted by Gasteiger charge is 2.26. The van der Waals surface area contributed by atoms with E-state index in [-0.39, 0.29) is 12.0 Å². The average Bonchev–Trinajstić information content (AvgIpc) is 2.81. The second-order valence-electron chi connectivity index (χ2n) is 6.43. The summed E-state index contributed by atoms with van der Waals surface area (Å²) in [6.45, 7) is 1.52. The lowest BCUT2D eigenvalue weighted by Gasteiger charge is -2.30. The molecule has 122 valence electrons. The van der Waals surface area contributed by atoms with E-state index in [1.54, 1.807) is 7.11 Å². The van der Waals surface area contributed by atoms with Crippen LogP contribution in [0.15, 0.2) is 0 Å². The van der Waals surface area contributed by atoms with E-state index in [1.807, 2.05) is 4.57 Å². The summed E-state index contributed by atoms with van der Waals surface area (Å²) < 4.78 is 7.55. The largest absolute Gasteiger partial charge is 0.381 e. The van der Waals surface area contributed by atoms with Gasteiger partial charge in [0.1, 0.15) is 5.82 Å². The zero-order chi connectivity index (χ0) is 15.4. The fourth-order valence-corrected chi connectivity index (χ4v) is 3.67. The van der Waals surface area contributed by atoms with Crippen molar-refractivity contribution in [1.29, 1.82) is 0 Å². The average molecular weight is 306 g/mol. The molecule has 0 radical (unpaired) electrons. The number of carbonyl (C=O) groups is 1. The Balaban J connectivity index is 1.61. The van der Waals surface area contributed by atoms with Crippen molar-refractivity contribution in [2.75, 3.05) is 13.7 Å². The summed E-state index contributed by atoms with van der Waals surface area (Å²) in [4.78, 5) is 12.5. The predicted molar refractivity (Wildman–Crippen MR) is 82.7 cm³/mol. The van der Waals surface area contributed by atoms with E-state index in [4.69, 9.17) is 4.74 Å².